The topological polar surface area (TPSA) is 60.2 Å². The molecule has 100 valence electrons. The average Bonchev–Trinajstić information content (AvgIpc) is 2.41. The van der Waals surface area contributed by atoms with Crippen molar-refractivity contribution in [3.05, 3.63) is 65.2 Å². The van der Waals surface area contributed by atoms with Gasteiger partial charge in [-0.3, -0.25) is 0 Å². The van der Waals surface area contributed by atoms with Crippen LogP contribution in [0.15, 0.2) is 59.5 Å². The molecule has 0 spiro atoms. The van der Waals surface area contributed by atoms with E-state index in [2.05, 4.69) is 0 Å². The highest BCUT2D eigenvalue weighted by Gasteiger charge is 2.27. The molecule has 0 radical (unpaired) electrons. The summed E-state index contributed by atoms with van der Waals surface area (Å²) in [5.74, 6) is 0. The van der Waals surface area contributed by atoms with Crippen molar-refractivity contribution in [3.63, 3.8) is 0 Å². The third-order valence-corrected chi connectivity index (χ3v) is 5.30. The predicted molar refractivity (Wildman–Crippen MR) is 76.9 cm³/mol. The van der Waals surface area contributed by atoms with E-state index >= 15 is 0 Å². The van der Waals surface area contributed by atoms with Gasteiger partial charge in [-0.25, -0.2) is 8.42 Å². The Labute approximate surface area is 117 Å². The molecular weight excluding hydrogens is 282 g/mol. The van der Waals surface area contributed by atoms with E-state index in [4.69, 9.17) is 17.3 Å². The predicted octanol–water partition coefficient (Wildman–Crippen LogP) is 2.81. The lowest BCUT2D eigenvalue weighted by Crippen LogP contribution is -2.22. The van der Waals surface area contributed by atoms with E-state index in [9.17, 15) is 8.42 Å². The van der Waals surface area contributed by atoms with Crippen LogP contribution >= 0.6 is 11.6 Å². The second-order valence-corrected chi connectivity index (χ2v) is 6.70. The van der Waals surface area contributed by atoms with Gasteiger partial charge in [0.1, 0.15) is 5.25 Å². The zero-order valence-electron chi connectivity index (χ0n) is 10.2. The van der Waals surface area contributed by atoms with E-state index in [1.807, 2.05) is 6.07 Å². The number of rotatable bonds is 4. The Morgan fingerprint density at radius 2 is 1.58 bits per heavy atom. The van der Waals surface area contributed by atoms with Crippen LogP contribution in [0.3, 0.4) is 0 Å². The van der Waals surface area contributed by atoms with Gasteiger partial charge in [-0.2, -0.15) is 0 Å². The molecule has 2 N–H and O–H groups in total. The fraction of sp³-hybridized carbons (Fsp3) is 0.143. The van der Waals surface area contributed by atoms with Crippen LogP contribution in [0.25, 0.3) is 0 Å². The summed E-state index contributed by atoms with van der Waals surface area (Å²) in [5.41, 5.74) is 6.35. The van der Waals surface area contributed by atoms with Gasteiger partial charge in [0.05, 0.1) is 4.90 Å². The third-order valence-electron chi connectivity index (χ3n) is 2.90. The number of nitrogens with two attached hydrogens (primary N) is 1. The molecule has 0 saturated heterocycles. The molecule has 19 heavy (non-hydrogen) atoms. The summed E-state index contributed by atoms with van der Waals surface area (Å²) in [5, 5.41) is -0.238. The van der Waals surface area contributed by atoms with E-state index < -0.39 is 15.1 Å². The molecule has 0 saturated carbocycles. The van der Waals surface area contributed by atoms with Crippen molar-refractivity contribution in [2.45, 2.75) is 10.1 Å². The van der Waals surface area contributed by atoms with Crippen molar-refractivity contribution in [1.82, 2.24) is 0 Å². The first-order chi connectivity index (χ1) is 9.05. The lowest BCUT2D eigenvalue weighted by atomic mass is 10.1. The Bertz CT molecular complexity index is 639. The van der Waals surface area contributed by atoms with Gasteiger partial charge in [0.25, 0.3) is 0 Å². The zero-order chi connectivity index (χ0) is 13.9. The molecule has 2 rings (SSSR count). The normalized spacial score (nSPS) is 13.2. The lowest BCUT2D eigenvalue weighted by Gasteiger charge is -2.16. The molecular formula is C14H14ClNO2S. The molecule has 0 aromatic heterocycles. The molecule has 3 nitrogen and oxygen atoms in total. The molecule has 0 amide bonds. The Hall–Kier alpha value is -1.36. The fourth-order valence-corrected chi connectivity index (χ4v) is 3.64. The van der Waals surface area contributed by atoms with Crippen LogP contribution in [0.2, 0.25) is 5.02 Å². The number of halogens is 1. The van der Waals surface area contributed by atoms with Gasteiger partial charge in [-0.1, -0.05) is 41.9 Å². The molecule has 2 aromatic rings. The van der Waals surface area contributed by atoms with E-state index in [0.29, 0.717) is 10.6 Å². The van der Waals surface area contributed by atoms with E-state index in [1.165, 1.54) is 12.1 Å². The van der Waals surface area contributed by atoms with Gasteiger partial charge in [0.15, 0.2) is 9.84 Å². The standard InChI is InChI=1S/C14H14ClNO2S/c15-12-6-8-13(9-7-12)19(17,18)14(10-16)11-4-2-1-3-5-11/h1-9,14H,10,16H2/t14-/m0/s1. The van der Waals surface area contributed by atoms with Crippen LogP contribution in [0, 0.1) is 0 Å². The lowest BCUT2D eigenvalue weighted by molar-refractivity contribution is 0.582. The van der Waals surface area contributed by atoms with Crippen LogP contribution in [0.4, 0.5) is 0 Å². The maximum Gasteiger partial charge on any atom is 0.186 e. The first-order valence-electron chi connectivity index (χ1n) is 5.80. The second-order valence-electron chi connectivity index (χ2n) is 4.13. The van der Waals surface area contributed by atoms with Gasteiger partial charge in [0, 0.05) is 11.6 Å². The van der Waals surface area contributed by atoms with Crippen LogP contribution in [0.5, 0.6) is 0 Å². The maximum atomic E-state index is 12.6. The summed E-state index contributed by atoms with van der Waals surface area (Å²) in [4.78, 5) is 0.233. The molecule has 0 bridgehead atoms. The summed E-state index contributed by atoms with van der Waals surface area (Å²) in [6, 6.07) is 15.1. The number of sulfone groups is 1. The molecule has 0 aliphatic heterocycles. The highest BCUT2D eigenvalue weighted by atomic mass is 35.5. The summed E-state index contributed by atoms with van der Waals surface area (Å²) in [6.07, 6.45) is 0. The van der Waals surface area contributed by atoms with E-state index in [-0.39, 0.29) is 11.4 Å². The number of benzene rings is 2. The largest absolute Gasteiger partial charge is 0.329 e. The van der Waals surface area contributed by atoms with E-state index in [1.54, 1.807) is 36.4 Å². The van der Waals surface area contributed by atoms with Crippen molar-refractivity contribution in [2.24, 2.45) is 5.73 Å². The number of hydrogen-bond donors (Lipinski definition) is 1. The van der Waals surface area contributed by atoms with Crippen LogP contribution in [-0.4, -0.2) is 15.0 Å². The molecule has 0 aliphatic rings. The molecule has 0 aliphatic carbocycles. The first-order valence-corrected chi connectivity index (χ1v) is 7.72. The quantitative estimate of drug-likeness (QED) is 0.943. The summed E-state index contributed by atoms with van der Waals surface area (Å²) in [7, 11) is -3.50. The molecule has 0 heterocycles. The highest BCUT2D eigenvalue weighted by molar-refractivity contribution is 7.91. The Kier molecular flexibility index (Phi) is 4.24. The van der Waals surface area contributed by atoms with Crippen molar-refractivity contribution < 1.29 is 8.42 Å². The minimum Gasteiger partial charge on any atom is -0.329 e. The maximum absolute atomic E-state index is 12.6. The van der Waals surface area contributed by atoms with Gasteiger partial charge >= 0.3 is 0 Å². The fourth-order valence-electron chi connectivity index (χ4n) is 1.90. The Morgan fingerprint density at radius 1 is 1.00 bits per heavy atom. The Morgan fingerprint density at radius 3 is 2.11 bits per heavy atom. The Balaban J connectivity index is 2.45. The monoisotopic (exact) mass is 295 g/mol. The average molecular weight is 296 g/mol. The van der Waals surface area contributed by atoms with E-state index in [0.717, 1.165) is 0 Å². The highest BCUT2D eigenvalue weighted by Crippen LogP contribution is 2.28. The van der Waals surface area contributed by atoms with Crippen molar-refractivity contribution >= 4 is 21.4 Å². The SMILES string of the molecule is NC[C@@H](c1ccccc1)S(=O)(=O)c1ccc(Cl)cc1. The third kappa shape index (κ3) is 2.97. The van der Waals surface area contributed by atoms with Crippen LogP contribution in [-0.2, 0) is 9.84 Å². The van der Waals surface area contributed by atoms with Gasteiger partial charge in [-0.05, 0) is 29.8 Å². The molecule has 0 fully saturated rings. The van der Waals surface area contributed by atoms with Gasteiger partial charge < -0.3 is 5.73 Å². The smallest absolute Gasteiger partial charge is 0.186 e. The van der Waals surface area contributed by atoms with Crippen molar-refractivity contribution in [1.29, 1.82) is 0 Å². The van der Waals surface area contributed by atoms with Crippen molar-refractivity contribution in [3.8, 4) is 0 Å². The summed E-state index contributed by atoms with van der Waals surface area (Å²) < 4.78 is 25.1. The van der Waals surface area contributed by atoms with Gasteiger partial charge in [-0.15, -0.1) is 0 Å². The molecule has 0 unspecified atom stereocenters. The molecule has 1 atom stereocenters. The zero-order valence-corrected chi connectivity index (χ0v) is 11.7. The van der Waals surface area contributed by atoms with Crippen molar-refractivity contribution in [2.75, 3.05) is 6.54 Å². The summed E-state index contributed by atoms with van der Waals surface area (Å²) in [6.45, 7) is 0.0367. The molecule has 2 aromatic carbocycles. The minimum atomic E-state index is -3.50. The summed E-state index contributed by atoms with van der Waals surface area (Å²) >= 11 is 5.77. The van der Waals surface area contributed by atoms with Gasteiger partial charge in [0.2, 0.25) is 0 Å². The second kappa shape index (κ2) is 5.74. The molecule has 5 heteroatoms. The number of hydrogen-bond acceptors (Lipinski definition) is 3. The minimum absolute atomic E-state index is 0.0367. The van der Waals surface area contributed by atoms with Crippen LogP contribution < -0.4 is 5.73 Å². The first kappa shape index (κ1) is 14.1. The van der Waals surface area contributed by atoms with Crippen LogP contribution in [0.1, 0.15) is 10.8 Å².